The van der Waals surface area contributed by atoms with E-state index < -0.39 is 0 Å². The van der Waals surface area contributed by atoms with Gasteiger partial charge in [0.25, 0.3) is 0 Å². The van der Waals surface area contributed by atoms with Crippen LogP contribution in [0.4, 0.5) is 5.82 Å². The lowest BCUT2D eigenvalue weighted by atomic mass is 10.2. The number of benzene rings is 1. The smallest absolute Gasteiger partial charge is 0.154 e. The van der Waals surface area contributed by atoms with Crippen LogP contribution in [-0.2, 0) is 6.54 Å². The predicted octanol–water partition coefficient (Wildman–Crippen LogP) is 3.31. The summed E-state index contributed by atoms with van der Waals surface area (Å²) in [6.45, 7) is 0.564. The average Bonchev–Trinajstić information content (AvgIpc) is 3.23. The molecule has 0 fully saturated rings. The first-order valence-corrected chi connectivity index (χ1v) is 7.20. The second-order valence-electron chi connectivity index (χ2n) is 5.11. The lowest BCUT2D eigenvalue weighted by Crippen LogP contribution is -2.04. The number of nitrogens with zero attached hydrogens (tertiary/aromatic N) is 3. The van der Waals surface area contributed by atoms with Gasteiger partial charge in [-0.3, -0.25) is 0 Å². The van der Waals surface area contributed by atoms with E-state index in [1.165, 1.54) is 0 Å². The number of aromatic nitrogens is 3. The van der Waals surface area contributed by atoms with Crippen LogP contribution in [0.5, 0.6) is 5.75 Å². The van der Waals surface area contributed by atoms with Gasteiger partial charge in [-0.25, -0.2) is 9.50 Å². The monoisotopic (exact) mass is 306 g/mol. The van der Waals surface area contributed by atoms with Crippen LogP contribution in [0.1, 0.15) is 5.76 Å². The minimum atomic E-state index is 0.233. The highest BCUT2D eigenvalue weighted by Crippen LogP contribution is 2.23. The number of fused-ring (bicyclic) bond motifs is 1. The quantitative estimate of drug-likeness (QED) is 0.605. The molecule has 0 aliphatic carbocycles. The van der Waals surface area contributed by atoms with E-state index in [1.807, 2.05) is 36.4 Å². The molecule has 0 amide bonds. The molecule has 0 aliphatic heterocycles. The van der Waals surface area contributed by atoms with E-state index >= 15 is 0 Å². The minimum absolute atomic E-state index is 0.233. The third-order valence-corrected chi connectivity index (χ3v) is 3.55. The maximum atomic E-state index is 9.42. The van der Waals surface area contributed by atoms with E-state index in [9.17, 15) is 5.11 Å². The zero-order valence-corrected chi connectivity index (χ0v) is 12.2. The molecule has 4 rings (SSSR count). The summed E-state index contributed by atoms with van der Waals surface area (Å²) in [5.41, 5.74) is 2.56. The fourth-order valence-corrected chi connectivity index (χ4v) is 2.39. The molecule has 0 saturated heterocycles. The number of nitrogens with one attached hydrogen (secondary N) is 1. The lowest BCUT2D eigenvalue weighted by molar-refractivity contribution is 0.475. The Kier molecular flexibility index (Phi) is 3.20. The molecular weight excluding hydrogens is 292 g/mol. The number of aromatic hydroxyl groups is 1. The summed E-state index contributed by atoms with van der Waals surface area (Å²) < 4.78 is 7.07. The van der Waals surface area contributed by atoms with Crippen molar-refractivity contribution < 1.29 is 9.52 Å². The van der Waals surface area contributed by atoms with Crippen LogP contribution in [0.25, 0.3) is 16.9 Å². The summed E-state index contributed by atoms with van der Waals surface area (Å²) in [5.74, 6) is 1.81. The lowest BCUT2D eigenvalue weighted by Gasteiger charge is -2.06. The first kappa shape index (κ1) is 13.4. The standard InChI is InChI=1S/C17H14N4O2/c22-13-5-3-12(4-6-13)15-11-19-17-8-7-16(20-21(15)17)18-10-14-2-1-9-23-14/h1-9,11,22H,10H2,(H,18,20). The molecule has 23 heavy (non-hydrogen) atoms. The molecular formula is C17H14N4O2. The molecule has 114 valence electrons. The maximum absolute atomic E-state index is 9.42. The molecule has 0 spiro atoms. The molecule has 0 bridgehead atoms. The van der Waals surface area contributed by atoms with E-state index in [4.69, 9.17) is 4.42 Å². The van der Waals surface area contributed by atoms with Crippen molar-refractivity contribution in [1.82, 2.24) is 14.6 Å². The van der Waals surface area contributed by atoms with Gasteiger partial charge < -0.3 is 14.8 Å². The molecule has 1 aromatic carbocycles. The van der Waals surface area contributed by atoms with E-state index in [0.29, 0.717) is 6.54 Å². The molecule has 2 N–H and O–H groups in total. The Bertz CT molecular complexity index is 927. The molecule has 6 nitrogen and oxygen atoms in total. The van der Waals surface area contributed by atoms with Crippen LogP contribution < -0.4 is 5.32 Å². The van der Waals surface area contributed by atoms with Crippen LogP contribution >= 0.6 is 0 Å². The summed E-state index contributed by atoms with van der Waals surface area (Å²) in [6.07, 6.45) is 3.41. The highest BCUT2D eigenvalue weighted by molar-refractivity contribution is 5.64. The Hall–Kier alpha value is -3.28. The Labute approximate surface area is 132 Å². The number of phenols is 1. The second-order valence-corrected chi connectivity index (χ2v) is 5.11. The van der Waals surface area contributed by atoms with Crippen molar-refractivity contribution in [2.75, 3.05) is 5.32 Å². The molecule has 0 radical (unpaired) electrons. The Morgan fingerprint density at radius 1 is 1.09 bits per heavy atom. The van der Waals surface area contributed by atoms with E-state index in [0.717, 1.165) is 28.5 Å². The van der Waals surface area contributed by atoms with Gasteiger partial charge in [0.15, 0.2) is 5.65 Å². The van der Waals surface area contributed by atoms with Gasteiger partial charge in [-0.15, -0.1) is 5.10 Å². The normalized spacial score (nSPS) is 11.0. The zero-order chi connectivity index (χ0) is 15.6. The zero-order valence-electron chi connectivity index (χ0n) is 12.2. The van der Waals surface area contributed by atoms with Gasteiger partial charge >= 0.3 is 0 Å². The Morgan fingerprint density at radius 2 is 1.96 bits per heavy atom. The third-order valence-electron chi connectivity index (χ3n) is 3.55. The van der Waals surface area contributed by atoms with Gasteiger partial charge in [-0.1, -0.05) is 0 Å². The maximum Gasteiger partial charge on any atom is 0.154 e. The van der Waals surface area contributed by atoms with Crippen molar-refractivity contribution in [3.8, 4) is 17.0 Å². The molecule has 0 saturated carbocycles. The third kappa shape index (κ3) is 2.62. The predicted molar refractivity (Wildman–Crippen MR) is 86.1 cm³/mol. The summed E-state index contributed by atoms with van der Waals surface area (Å²) in [6, 6.07) is 14.5. The van der Waals surface area contributed by atoms with Crippen LogP contribution in [-0.4, -0.2) is 19.7 Å². The van der Waals surface area contributed by atoms with Gasteiger partial charge in [-0.05, 0) is 48.5 Å². The number of hydrogen-bond donors (Lipinski definition) is 2. The van der Waals surface area contributed by atoms with Crippen molar-refractivity contribution in [3.63, 3.8) is 0 Å². The molecule has 6 heteroatoms. The van der Waals surface area contributed by atoms with Crippen molar-refractivity contribution >= 4 is 11.5 Å². The van der Waals surface area contributed by atoms with Gasteiger partial charge in [0.05, 0.1) is 24.7 Å². The largest absolute Gasteiger partial charge is 0.508 e. The summed E-state index contributed by atoms with van der Waals surface area (Å²) in [5, 5.41) is 17.2. The number of phenolic OH excluding ortho intramolecular Hbond substituents is 1. The second kappa shape index (κ2) is 5.49. The van der Waals surface area contributed by atoms with Crippen LogP contribution in [0, 0.1) is 0 Å². The van der Waals surface area contributed by atoms with Gasteiger partial charge in [0.1, 0.15) is 17.3 Å². The van der Waals surface area contributed by atoms with E-state index in [1.54, 1.807) is 29.1 Å². The van der Waals surface area contributed by atoms with Crippen LogP contribution in [0.15, 0.2) is 65.4 Å². The SMILES string of the molecule is Oc1ccc(-c2cnc3ccc(NCc4ccco4)nn23)cc1. The summed E-state index contributed by atoms with van der Waals surface area (Å²) in [4.78, 5) is 4.36. The number of imidazole rings is 1. The minimum Gasteiger partial charge on any atom is -0.508 e. The highest BCUT2D eigenvalue weighted by atomic mass is 16.3. The van der Waals surface area contributed by atoms with Gasteiger partial charge in [0.2, 0.25) is 0 Å². The van der Waals surface area contributed by atoms with Gasteiger partial charge in [-0.2, -0.15) is 0 Å². The first-order valence-electron chi connectivity index (χ1n) is 7.20. The van der Waals surface area contributed by atoms with Crippen molar-refractivity contribution in [3.05, 3.63) is 66.8 Å². The molecule has 0 aliphatic rings. The van der Waals surface area contributed by atoms with Crippen molar-refractivity contribution in [1.29, 1.82) is 0 Å². The fourth-order valence-electron chi connectivity index (χ4n) is 2.39. The summed E-state index contributed by atoms with van der Waals surface area (Å²) >= 11 is 0. The topological polar surface area (TPSA) is 75.6 Å². The van der Waals surface area contributed by atoms with E-state index in [-0.39, 0.29) is 5.75 Å². The first-order chi connectivity index (χ1) is 11.3. The number of rotatable bonds is 4. The van der Waals surface area contributed by atoms with Crippen molar-refractivity contribution in [2.45, 2.75) is 6.54 Å². The summed E-state index contributed by atoms with van der Waals surface area (Å²) in [7, 11) is 0. The van der Waals surface area contributed by atoms with Crippen molar-refractivity contribution in [2.24, 2.45) is 0 Å². The molecule has 0 atom stereocenters. The molecule has 0 unspecified atom stereocenters. The van der Waals surface area contributed by atoms with Crippen LogP contribution in [0.2, 0.25) is 0 Å². The molecule has 3 heterocycles. The molecule has 4 aromatic rings. The Balaban J connectivity index is 1.67. The van der Waals surface area contributed by atoms with Gasteiger partial charge in [0, 0.05) is 5.56 Å². The van der Waals surface area contributed by atoms with E-state index in [2.05, 4.69) is 15.4 Å². The van der Waals surface area contributed by atoms with Crippen LogP contribution in [0.3, 0.4) is 0 Å². The number of hydrogen-bond acceptors (Lipinski definition) is 5. The Morgan fingerprint density at radius 3 is 2.74 bits per heavy atom. The fraction of sp³-hybridized carbons (Fsp3) is 0.0588. The number of anilines is 1. The molecule has 3 aromatic heterocycles. The number of furan rings is 1. The highest BCUT2D eigenvalue weighted by Gasteiger charge is 2.08. The average molecular weight is 306 g/mol.